The van der Waals surface area contributed by atoms with Crippen LogP contribution in [0.1, 0.15) is 48.4 Å². The molecular weight excluding hydrogens is 451 g/mol. The molecule has 1 aliphatic carbocycles. The monoisotopic (exact) mass is 478 g/mol. The van der Waals surface area contributed by atoms with E-state index >= 15 is 0 Å². The van der Waals surface area contributed by atoms with Crippen molar-refractivity contribution in [3.63, 3.8) is 0 Å². The van der Waals surface area contributed by atoms with Gasteiger partial charge < -0.3 is 10.0 Å². The molecule has 0 radical (unpaired) electrons. The predicted octanol–water partition coefficient (Wildman–Crippen LogP) is 5.04. The van der Waals surface area contributed by atoms with Gasteiger partial charge in [0.2, 0.25) is 5.78 Å². The van der Waals surface area contributed by atoms with Gasteiger partial charge in [0.15, 0.2) is 5.76 Å². The van der Waals surface area contributed by atoms with Crippen molar-refractivity contribution in [1.82, 2.24) is 10.2 Å². The second kappa shape index (κ2) is 9.04. The summed E-state index contributed by atoms with van der Waals surface area (Å²) < 4.78 is 14.1. The molecule has 2 fully saturated rings. The van der Waals surface area contributed by atoms with Gasteiger partial charge in [0, 0.05) is 23.3 Å². The summed E-state index contributed by atoms with van der Waals surface area (Å²) in [6.07, 6.45) is 5.67. The number of carbonyl (C=O) groups is 2. The standard InChI is InChI=1S/C27H27FN2O3S/c1-2-21(31)22(32)14-25(33)30-12-11-27(9-10-27)15-24(30)29-26-19-8-7-18(28)13-17(19)16-34-23-6-4-3-5-20(23)26/h2-8,13-14,24,26,29,32H,1,9-12,15-16H2/b22-14-/t24-,26-/m0/s1. The molecule has 2 aliphatic heterocycles. The lowest BCUT2D eigenvalue weighted by molar-refractivity contribution is -0.132. The van der Waals surface area contributed by atoms with Crippen LogP contribution >= 0.6 is 11.8 Å². The quantitative estimate of drug-likeness (QED) is 0.466. The third-order valence-electron chi connectivity index (χ3n) is 7.21. The van der Waals surface area contributed by atoms with Gasteiger partial charge in [-0.2, -0.15) is 0 Å². The number of hydrogen-bond acceptors (Lipinski definition) is 5. The van der Waals surface area contributed by atoms with Gasteiger partial charge in [0.25, 0.3) is 5.91 Å². The van der Waals surface area contributed by atoms with E-state index in [0.717, 1.165) is 59.4 Å². The summed E-state index contributed by atoms with van der Waals surface area (Å²) in [4.78, 5) is 27.7. The normalized spacial score (nSPS) is 23.0. The van der Waals surface area contributed by atoms with Crippen molar-refractivity contribution in [3.8, 4) is 0 Å². The lowest BCUT2D eigenvalue weighted by Crippen LogP contribution is -2.54. The Morgan fingerprint density at radius 2 is 1.97 bits per heavy atom. The summed E-state index contributed by atoms with van der Waals surface area (Å²) in [5, 5.41) is 13.7. The number of ketones is 1. The van der Waals surface area contributed by atoms with E-state index in [2.05, 4.69) is 24.0 Å². The van der Waals surface area contributed by atoms with Crippen LogP contribution in [0.5, 0.6) is 0 Å². The molecule has 0 aromatic heterocycles. The molecule has 7 heteroatoms. The van der Waals surface area contributed by atoms with Crippen molar-refractivity contribution >= 4 is 23.5 Å². The third kappa shape index (κ3) is 4.42. The Labute approximate surface area is 202 Å². The number of nitrogens with one attached hydrogen (secondary N) is 1. The molecule has 1 saturated heterocycles. The first-order valence-electron chi connectivity index (χ1n) is 11.5. The highest BCUT2D eigenvalue weighted by molar-refractivity contribution is 7.98. The average Bonchev–Trinajstić information content (AvgIpc) is 3.61. The van der Waals surface area contributed by atoms with E-state index in [-0.39, 0.29) is 23.4 Å². The Balaban J connectivity index is 1.51. The second-order valence-electron chi connectivity index (χ2n) is 9.37. The minimum absolute atomic E-state index is 0.219. The first-order chi connectivity index (χ1) is 16.4. The maximum Gasteiger partial charge on any atom is 0.251 e. The van der Waals surface area contributed by atoms with Crippen LogP contribution in [0.25, 0.3) is 0 Å². The molecule has 0 bridgehead atoms. The van der Waals surface area contributed by atoms with Crippen LogP contribution in [0, 0.1) is 11.2 Å². The summed E-state index contributed by atoms with van der Waals surface area (Å²) in [5.74, 6) is -1.29. The molecule has 1 spiro atoms. The maximum absolute atomic E-state index is 14.1. The second-order valence-corrected chi connectivity index (χ2v) is 10.4. The average molecular weight is 479 g/mol. The largest absolute Gasteiger partial charge is 0.504 e. The Hall–Kier alpha value is -2.90. The van der Waals surface area contributed by atoms with Crippen molar-refractivity contribution in [1.29, 1.82) is 0 Å². The Bertz CT molecular complexity index is 1190. The van der Waals surface area contributed by atoms with E-state index in [0.29, 0.717) is 12.3 Å². The fraction of sp³-hybridized carbons (Fsp3) is 0.333. The highest BCUT2D eigenvalue weighted by Gasteiger charge is 2.49. The molecule has 5 rings (SSSR count). The first kappa shape index (κ1) is 22.9. The zero-order valence-corrected chi connectivity index (χ0v) is 19.6. The number of benzene rings is 2. The minimum atomic E-state index is -0.681. The van der Waals surface area contributed by atoms with Crippen LogP contribution in [-0.2, 0) is 15.3 Å². The Morgan fingerprint density at radius 1 is 1.18 bits per heavy atom. The van der Waals surface area contributed by atoms with Crippen molar-refractivity contribution < 1.29 is 19.1 Å². The zero-order valence-electron chi connectivity index (χ0n) is 18.8. The lowest BCUT2D eigenvalue weighted by Gasteiger charge is -2.42. The molecule has 2 heterocycles. The number of carbonyl (C=O) groups excluding carboxylic acids is 2. The van der Waals surface area contributed by atoms with E-state index in [1.54, 1.807) is 22.7 Å². The molecule has 1 amide bonds. The lowest BCUT2D eigenvalue weighted by atomic mass is 9.89. The van der Waals surface area contributed by atoms with Crippen LogP contribution in [0.4, 0.5) is 4.39 Å². The fourth-order valence-corrected chi connectivity index (χ4v) is 6.17. The summed E-state index contributed by atoms with van der Waals surface area (Å²) in [5.41, 5.74) is 3.27. The van der Waals surface area contributed by atoms with Gasteiger partial charge >= 0.3 is 0 Å². The summed E-state index contributed by atoms with van der Waals surface area (Å²) in [6.45, 7) is 3.91. The number of piperidine rings is 1. The van der Waals surface area contributed by atoms with Gasteiger partial charge in [0.1, 0.15) is 5.82 Å². The summed E-state index contributed by atoms with van der Waals surface area (Å²) in [6, 6.07) is 12.8. The van der Waals surface area contributed by atoms with Gasteiger partial charge in [-0.25, -0.2) is 4.39 Å². The molecule has 34 heavy (non-hydrogen) atoms. The maximum atomic E-state index is 14.1. The molecular formula is C27H27FN2O3S. The third-order valence-corrected chi connectivity index (χ3v) is 8.35. The number of halogens is 1. The van der Waals surface area contributed by atoms with Gasteiger partial charge in [-0.15, -0.1) is 11.8 Å². The van der Waals surface area contributed by atoms with E-state index < -0.39 is 17.4 Å². The van der Waals surface area contributed by atoms with Crippen LogP contribution in [0.2, 0.25) is 0 Å². The van der Waals surface area contributed by atoms with E-state index in [1.165, 1.54) is 6.07 Å². The predicted molar refractivity (Wildman–Crippen MR) is 130 cm³/mol. The SMILES string of the molecule is C=CC(=O)/C(O)=C/C(=O)N1CCC2(CC2)C[C@H]1N[C@H]1c2ccc(F)cc2CSc2ccccc21. The van der Waals surface area contributed by atoms with Gasteiger partial charge in [-0.1, -0.05) is 30.8 Å². The van der Waals surface area contributed by atoms with Gasteiger partial charge in [-0.3, -0.25) is 14.9 Å². The van der Waals surface area contributed by atoms with Crippen molar-refractivity contribution in [2.45, 2.75) is 48.5 Å². The van der Waals surface area contributed by atoms with Crippen LogP contribution in [-0.4, -0.2) is 34.4 Å². The van der Waals surface area contributed by atoms with E-state index in [9.17, 15) is 19.1 Å². The molecule has 2 aromatic carbocycles. The zero-order chi connectivity index (χ0) is 23.9. The Morgan fingerprint density at radius 3 is 2.74 bits per heavy atom. The van der Waals surface area contributed by atoms with Crippen molar-refractivity contribution in [2.24, 2.45) is 5.41 Å². The molecule has 2 N–H and O–H groups in total. The van der Waals surface area contributed by atoms with Crippen LogP contribution < -0.4 is 5.32 Å². The highest BCUT2D eigenvalue weighted by Crippen LogP contribution is 2.55. The van der Waals surface area contributed by atoms with E-state index in [4.69, 9.17) is 0 Å². The molecule has 2 aromatic rings. The number of amides is 1. The van der Waals surface area contributed by atoms with Crippen LogP contribution in [0.15, 0.2) is 71.9 Å². The number of aliphatic hydroxyl groups is 1. The topological polar surface area (TPSA) is 69.6 Å². The molecule has 0 unspecified atom stereocenters. The van der Waals surface area contributed by atoms with E-state index in [1.807, 2.05) is 18.2 Å². The molecule has 2 atom stereocenters. The van der Waals surface area contributed by atoms with Crippen molar-refractivity contribution in [2.75, 3.05) is 6.54 Å². The number of thioether (sulfide) groups is 1. The highest BCUT2D eigenvalue weighted by atomic mass is 32.2. The summed E-state index contributed by atoms with van der Waals surface area (Å²) >= 11 is 1.68. The molecule has 1 saturated carbocycles. The number of allylic oxidation sites excluding steroid dienone is 1. The molecule has 5 nitrogen and oxygen atoms in total. The fourth-order valence-electron chi connectivity index (χ4n) is 5.08. The number of likely N-dealkylation sites (tertiary alicyclic amines) is 1. The van der Waals surface area contributed by atoms with Gasteiger partial charge in [0.05, 0.1) is 12.2 Å². The molecule has 176 valence electrons. The van der Waals surface area contributed by atoms with Crippen molar-refractivity contribution in [3.05, 3.63) is 89.5 Å². The number of nitrogens with zero attached hydrogens (tertiary/aromatic N) is 1. The first-order valence-corrected chi connectivity index (χ1v) is 12.5. The van der Waals surface area contributed by atoms with Crippen LogP contribution in [0.3, 0.4) is 0 Å². The van der Waals surface area contributed by atoms with Gasteiger partial charge in [-0.05, 0) is 72.1 Å². The summed E-state index contributed by atoms with van der Waals surface area (Å²) in [7, 11) is 0. The number of rotatable bonds is 5. The molecule has 3 aliphatic rings. The Kier molecular flexibility index (Phi) is 6.08. The number of hydrogen-bond donors (Lipinski definition) is 2. The smallest absolute Gasteiger partial charge is 0.251 e. The number of fused-ring (bicyclic) bond motifs is 2. The minimum Gasteiger partial charge on any atom is -0.504 e. The number of aliphatic hydroxyl groups excluding tert-OH is 1.